The molecule has 0 saturated carbocycles. The Balaban J connectivity index is 2.22. The summed E-state index contributed by atoms with van der Waals surface area (Å²) in [4.78, 5) is 22.3. The molecule has 3 N–H and O–H groups in total. The largest absolute Gasteiger partial charge is 0.397 e. The first kappa shape index (κ1) is 14.8. The minimum absolute atomic E-state index is 0.00442. The summed E-state index contributed by atoms with van der Waals surface area (Å²) in [6, 6.07) is 3.94. The van der Waals surface area contributed by atoms with Crippen molar-refractivity contribution >= 4 is 28.9 Å². The molecule has 0 unspecified atom stereocenters. The number of nitrogens with two attached hydrogens (primary N) is 1. The lowest BCUT2D eigenvalue weighted by Gasteiger charge is -2.09. The van der Waals surface area contributed by atoms with E-state index in [1.807, 2.05) is 0 Å². The van der Waals surface area contributed by atoms with Gasteiger partial charge < -0.3 is 11.1 Å². The van der Waals surface area contributed by atoms with Crippen LogP contribution in [-0.4, -0.2) is 20.6 Å². The predicted octanol–water partition coefficient (Wildman–Crippen LogP) is 1.49. The summed E-state index contributed by atoms with van der Waals surface area (Å²) < 4.78 is 1.60. The number of aromatic nitrogens is 2. The fourth-order valence-electron chi connectivity index (χ4n) is 1.74. The van der Waals surface area contributed by atoms with E-state index in [2.05, 4.69) is 10.4 Å². The smallest absolute Gasteiger partial charge is 0.271 e. The van der Waals surface area contributed by atoms with E-state index in [0.29, 0.717) is 0 Å². The molecular weight excluding hydrogens is 298 g/mol. The van der Waals surface area contributed by atoms with Crippen LogP contribution < -0.4 is 11.1 Å². The molecule has 2 aromatic rings. The highest BCUT2D eigenvalue weighted by atomic mass is 35.5. The van der Waals surface area contributed by atoms with Crippen molar-refractivity contribution in [2.75, 3.05) is 5.73 Å². The highest BCUT2D eigenvalue weighted by Crippen LogP contribution is 2.28. The first-order valence-electron chi connectivity index (χ1n) is 5.88. The van der Waals surface area contributed by atoms with Crippen LogP contribution in [0.25, 0.3) is 0 Å². The third-order valence-corrected chi connectivity index (χ3v) is 3.23. The van der Waals surface area contributed by atoms with E-state index in [0.717, 1.165) is 17.8 Å². The second-order valence-corrected chi connectivity index (χ2v) is 4.68. The van der Waals surface area contributed by atoms with Crippen LogP contribution in [0.4, 0.5) is 11.4 Å². The van der Waals surface area contributed by atoms with Gasteiger partial charge in [-0.05, 0) is 6.07 Å². The number of nitrogens with one attached hydrogen (secondary N) is 1. The maximum atomic E-state index is 12.1. The molecule has 9 heteroatoms. The number of rotatable bonds is 4. The molecule has 0 aliphatic carbocycles. The number of anilines is 1. The van der Waals surface area contributed by atoms with Gasteiger partial charge in [0.05, 0.1) is 33.4 Å². The van der Waals surface area contributed by atoms with Crippen molar-refractivity contribution in [1.82, 2.24) is 15.1 Å². The molecule has 1 amide bonds. The first-order valence-corrected chi connectivity index (χ1v) is 6.26. The molecular formula is C12H12ClN5O3. The van der Waals surface area contributed by atoms with E-state index >= 15 is 0 Å². The number of hydrogen-bond acceptors (Lipinski definition) is 5. The second-order valence-electron chi connectivity index (χ2n) is 4.27. The van der Waals surface area contributed by atoms with Gasteiger partial charge >= 0.3 is 0 Å². The number of nitro groups is 1. The quantitative estimate of drug-likeness (QED) is 0.504. The number of nitro benzene ring substituents is 1. The van der Waals surface area contributed by atoms with Gasteiger partial charge in [0.15, 0.2) is 0 Å². The summed E-state index contributed by atoms with van der Waals surface area (Å²) in [6.07, 6.45) is 1.60. The topological polar surface area (TPSA) is 116 Å². The molecule has 1 aromatic carbocycles. The Bertz CT molecular complexity index is 713. The molecule has 21 heavy (non-hydrogen) atoms. The lowest BCUT2D eigenvalue weighted by molar-refractivity contribution is -0.384. The fraction of sp³-hybridized carbons (Fsp3) is 0.167. The average molecular weight is 310 g/mol. The number of hydrogen-bond donors (Lipinski definition) is 2. The second kappa shape index (κ2) is 5.80. The molecule has 1 heterocycles. The van der Waals surface area contributed by atoms with Crippen LogP contribution in [0.15, 0.2) is 24.4 Å². The maximum absolute atomic E-state index is 12.1. The van der Waals surface area contributed by atoms with E-state index in [1.54, 1.807) is 24.0 Å². The molecule has 8 nitrogen and oxygen atoms in total. The molecule has 0 aliphatic heterocycles. The Hall–Kier alpha value is -2.61. The molecule has 0 saturated heterocycles. The van der Waals surface area contributed by atoms with E-state index in [-0.39, 0.29) is 28.5 Å². The lowest BCUT2D eigenvalue weighted by atomic mass is 10.1. The summed E-state index contributed by atoms with van der Waals surface area (Å²) in [5.41, 5.74) is 6.16. The molecule has 2 rings (SSSR count). The first-order chi connectivity index (χ1) is 9.90. The summed E-state index contributed by atoms with van der Waals surface area (Å²) in [6.45, 7) is 0.217. The van der Waals surface area contributed by atoms with Crippen LogP contribution >= 0.6 is 11.6 Å². The van der Waals surface area contributed by atoms with E-state index in [1.165, 1.54) is 0 Å². The fourth-order valence-corrected chi connectivity index (χ4v) is 1.95. The van der Waals surface area contributed by atoms with Gasteiger partial charge in [0.25, 0.3) is 11.6 Å². The summed E-state index contributed by atoms with van der Waals surface area (Å²) in [5.74, 6) is -0.542. The number of halogens is 1. The van der Waals surface area contributed by atoms with Crippen molar-refractivity contribution in [1.29, 1.82) is 0 Å². The van der Waals surface area contributed by atoms with Gasteiger partial charge in [-0.3, -0.25) is 19.6 Å². The van der Waals surface area contributed by atoms with Crippen molar-refractivity contribution in [2.45, 2.75) is 6.54 Å². The Morgan fingerprint density at radius 1 is 1.57 bits per heavy atom. The summed E-state index contributed by atoms with van der Waals surface area (Å²) in [7, 11) is 1.74. The monoisotopic (exact) mass is 309 g/mol. The molecule has 0 fully saturated rings. The van der Waals surface area contributed by atoms with Gasteiger partial charge in [-0.2, -0.15) is 5.10 Å². The van der Waals surface area contributed by atoms with Gasteiger partial charge in [0, 0.05) is 25.4 Å². The Kier molecular flexibility index (Phi) is 4.08. The molecule has 0 aliphatic rings. The molecule has 0 bridgehead atoms. The zero-order valence-corrected chi connectivity index (χ0v) is 11.8. The van der Waals surface area contributed by atoms with Crippen molar-refractivity contribution in [3.05, 3.63) is 50.8 Å². The summed E-state index contributed by atoms with van der Waals surface area (Å²) >= 11 is 5.81. The number of nitrogens with zero attached hydrogens (tertiary/aromatic N) is 3. The van der Waals surface area contributed by atoms with Gasteiger partial charge in [0.2, 0.25) is 0 Å². The van der Waals surface area contributed by atoms with Gasteiger partial charge in [-0.15, -0.1) is 0 Å². The van der Waals surface area contributed by atoms with Gasteiger partial charge in [-0.1, -0.05) is 11.6 Å². The number of carbonyl (C=O) groups is 1. The molecule has 110 valence electrons. The maximum Gasteiger partial charge on any atom is 0.271 e. The number of amides is 1. The highest BCUT2D eigenvalue weighted by molar-refractivity contribution is 6.34. The van der Waals surface area contributed by atoms with Crippen LogP contribution in [0.1, 0.15) is 16.1 Å². The van der Waals surface area contributed by atoms with Crippen molar-refractivity contribution in [2.24, 2.45) is 7.05 Å². The van der Waals surface area contributed by atoms with Crippen LogP contribution in [0.3, 0.4) is 0 Å². The standard InChI is InChI=1S/C12H12ClN5O3/c1-17-7(2-3-16-17)6-15-12(19)9-4-8(18(20)21)5-10(13)11(9)14/h2-5H,6,14H2,1H3,(H,15,19). The Morgan fingerprint density at radius 3 is 2.86 bits per heavy atom. The zero-order valence-electron chi connectivity index (χ0n) is 11.0. The average Bonchev–Trinajstić information content (AvgIpc) is 2.84. The Morgan fingerprint density at radius 2 is 2.29 bits per heavy atom. The van der Waals surface area contributed by atoms with Crippen LogP contribution in [-0.2, 0) is 13.6 Å². The molecule has 0 radical (unpaired) electrons. The Labute approximate surface area is 124 Å². The minimum Gasteiger partial charge on any atom is -0.397 e. The van der Waals surface area contributed by atoms with Crippen LogP contribution in [0.2, 0.25) is 5.02 Å². The van der Waals surface area contributed by atoms with Crippen LogP contribution in [0.5, 0.6) is 0 Å². The van der Waals surface area contributed by atoms with Crippen LogP contribution in [0, 0.1) is 10.1 Å². The SMILES string of the molecule is Cn1nccc1CNC(=O)c1cc([N+](=O)[O-])cc(Cl)c1N. The van der Waals surface area contributed by atoms with Crippen molar-refractivity contribution in [3.8, 4) is 0 Å². The van der Waals surface area contributed by atoms with Crippen molar-refractivity contribution < 1.29 is 9.72 Å². The van der Waals surface area contributed by atoms with Crippen molar-refractivity contribution in [3.63, 3.8) is 0 Å². The number of carbonyl (C=O) groups excluding carboxylic acids is 1. The third-order valence-electron chi connectivity index (χ3n) is 2.92. The molecule has 1 aromatic heterocycles. The number of non-ortho nitro benzene ring substituents is 1. The molecule has 0 atom stereocenters. The van der Waals surface area contributed by atoms with E-state index < -0.39 is 10.8 Å². The third kappa shape index (κ3) is 3.11. The number of nitrogen functional groups attached to an aromatic ring is 1. The minimum atomic E-state index is -0.636. The number of benzene rings is 1. The highest BCUT2D eigenvalue weighted by Gasteiger charge is 2.18. The zero-order chi connectivity index (χ0) is 15.6. The number of aryl methyl sites for hydroxylation is 1. The summed E-state index contributed by atoms with van der Waals surface area (Å²) in [5, 5.41) is 17.3. The van der Waals surface area contributed by atoms with Gasteiger partial charge in [-0.25, -0.2) is 0 Å². The molecule has 0 spiro atoms. The van der Waals surface area contributed by atoms with E-state index in [4.69, 9.17) is 17.3 Å². The lowest BCUT2D eigenvalue weighted by Crippen LogP contribution is -2.25. The van der Waals surface area contributed by atoms with Gasteiger partial charge in [0.1, 0.15) is 0 Å². The van der Waals surface area contributed by atoms with E-state index in [9.17, 15) is 14.9 Å². The predicted molar refractivity (Wildman–Crippen MR) is 76.9 cm³/mol. The normalized spacial score (nSPS) is 10.4.